The van der Waals surface area contributed by atoms with E-state index < -0.39 is 5.82 Å². The second-order valence-electron chi connectivity index (χ2n) is 6.11. The Balaban J connectivity index is 2.01. The molecule has 0 heterocycles. The Morgan fingerprint density at radius 2 is 2.14 bits per heavy atom. The molecule has 0 spiro atoms. The summed E-state index contributed by atoms with van der Waals surface area (Å²) in [5.41, 5.74) is 6.16. The second kappa shape index (κ2) is 6.89. The number of nitrogens with zero attached hydrogens (tertiary/aromatic N) is 1. The van der Waals surface area contributed by atoms with Gasteiger partial charge in [0.1, 0.15) is 5.82 Å². The highest BCUT2D eigenvalue weighted by Crippen LogP contribution is 2.29. The third-order valence-electron chi connectivity index (χ3n) is 4.64. The summed E-state index contributed by atoms with van der Waals surface area (Å²) in [4.78, 5) is 0. The molecule has 0 bridgehead atoms. The molecule has 1 fully saturated rings. The highest BCUT2D eigenvalue weighted by Gasteiger charge is 2.24. The van der Waals surface area contributed by atoms with Gasteiger partial charge in [-0.15, -0.1) is 0 Å². The highest BCUT2D eigenvalue weighted by molar-refractivity contribution is 5.97. The van der Waals surface area contributed by atoms with Gasteiger partial charge in [0.25, 0.3) is 0 Å². The highest BCUT2D eigenvalue weighted by atomic mass is 19.1. The zero-order valence-corrected chi connectivity index (χ0v) is 12.6. The first-order chi connectivity index (χ1) is 10.0. The van der Waals surface area contributed by atoms with Crippen LogP contribution in [0.5, 0.6) is 0 Å². The van der Waals surface area contributed by atoms with Gasteiger partial charge in [0.15, 0.2) is 5.84 Å². The Morgan fingerprint density at radius 1 is 1.38 bits per heavy atom. The molecule has 0 radical (unpaired) electrons. The van der Waals surface area contributed by atoms with Crippen LogP contribution in [0.1, 0.15) is 44.2 Å². The van der Waals surface area contributed by atoms with Crippen LogP contribution >= 0.6 is 0 Å². The molecule has 5 heteroatoms. The number of rotatable bonds is 4. The molecule has 1 aromatic carbocycles. The first kappa shape index (κ1) is 15.8. The predicted octanol–water partition coefficient (Wildman–Crippen LogP) is 2.83. The molecule has 2 rings (SSSR count). The van der Waals surface area contributed by atoms with Crippen LogP contribution in [0.25, 0.3) is 0 Å². The fraction of sp³-hybridized carbons (Fsp3) is 0.562. The van der Waals surface area contributed by atoms with Gasteiger partial charge in [-0.2, -0.15) is 0 Å². The van der Waals surface area contributed by atoms with Crippen molar-refractivity contribution >= 4 is 5.84 Å². The summed E-state index contributed by atoms with van der Waals surface area (Å²) in [7, 11) is 0. The van der Waals surface area contributed by atoms with Crippen LogP contribution in [-0.2, 0) is 6.54 Å². The van der Waals surface area contributed by atoms with E-state index >= 15 is 0 Å². The lowest BCUT2D eigenvalue weighted by Gasteiger charge is -2.32. The van der Waals surface area contributed by atoms with Crippen molar-refractivity contribution < 1.29 is 9.60 Å². The first-order valence-corrected chi connectivity index (χ1v) is 7.51. The number of hydrogen-bond acceptors (Lipinski definition) is 3. The zero-order valence-electron chi connectivity index (χ0n) is 12.6. The van der Waals surface area contributed by atoms with Gasteiger partial charge < -0.3 is 16.3 Å². The van der Waals surface area contributed by atoms with Gasteiger partial charge in [0, 0.05) is 18.2 Å². The average Bonchev–Trinajstić information content (AvgIpc) is 2.49. The average molecular weight is 293 g/mol. The van der Waals surface area contributed by atoms with Crippen LogP contribution < -0.4 is 11.1 Å². The fourth-order valence-electron chi connectivity index (χ4n) is 2.96. The van der Waals surface area contributed by atoms with E-state index in [9.17, 15) is 4.39 Å². The molecule has 21 heavy (non-hydrogen) atoms. The van der Waals surface area contributed by atoms with Crippen molar-refractivity contribution in [2.75, 3.05) is 0 Å². The van der Waals surface area contributed by atoms with E-state index in [1.54, 1.807) is 12.1 Å². The van der Waals surface area contributed by atoms with Gasteiger partial charge >= 0.3 is 0 Å². The summed E-state index contributed by atoms with van der Waals surface area (Å²) < 4.78 is 14.3. The van der Waals surface area contributed by atoms with E-state index in [1.807, 2.05) is 0 Å². The van der Waals surface area contributed by atoms with E-state index in [0.717, 1.165) is 18.8 Å². The minimum atomic E-state index is -0.419. The molecule has 3 unspecified atom stereocenters. The van der Waals surface area contributed by atoms with Crippen LogP contribution in [0.3, 0.4) is 0 Å². The van der Waals surface area contributed by atoms with Gasteiger partial charge in [0.2, 0.25) is 0 Å². The van der Waals surface area contributed by atoms with Crippen molar-refractivity contribution in [2.24, 2.45) is 22.7 Å². The lowest BCUT2D eigenvalue weighted by atomic mass is 9.79. The molecule has 0 saturated heterocycles. The monoisotopic (exact) mass is 293 g/mol. The van der Waals surface area contributed by atoms with E-state index in [-0.39, 0.29) is 11.4 Å². The molecule has 4 N–H and O–H groups in total. The van der Waals surface area contributed by atoms with Gasteiger partial charge in [-0.05, 0) is 37.2 Å². The molecule has 3 atom stereocenters. The number of hydrogen-bond donors (Lipinski definition) is 3. The molecule has 0 aromatic heterocycles. The van der Waals surface area contributed by atoms with Crippen molar-refractivity contribution in [2.45, 2.75) is 45.7 Å². The summed E-state index contributed by atoms with van der Waals surface area (Å²) in [5, 5.41) is 15.0. The van der Waals surface area contributed by atoms with Crippen molar-refractivity contribution in [1.29, 1.82) is 0 Å². The molecule has 4 nitrogen and oxygen atoms in total. The van der Waals surface area contributed by atoms with E-state index in [0.29, 0.717) is 24.1 Å². The standard InChI is InChI=1S/C16H24FN3O/c1-10-6-7-13(8-11(10)2)19-9-12-4-3-5-14(15(12)17)16(18)20-21/h3-5,10-11,13,19,21H,6-9H2,1-2H3,(H2,18,20). The van der Waals surface area contributed by atoms with Crippen LogP contribution in [0.15, 0.2) is 23.4 Å². The number of nitrogens with two attached hydrogens (primary N) is 1. The number of benzene rings is 1. The lowest BCUT2D eigenvalue weighted by molar-refractivity contribution is 0.225. The van der Waals surface area contributed by atoms with Crippen molar-refractivity contribution in [3.05, 3.63) is 35.1 Å². The molecule has 1 aromatic rings. The molecule has 1 aliphatic carbocycles. The topological polar surface area (TPSA) is 70.6 Å². The van der Waals surface area contributed by atoms with Crippen molar-refractivity contribution in [3.63, 3.8) is 0 Å². The van der Waals surface area contributed by atoms with Gasteiger partial charge in [0.05, 0.1) is 5.56 Å². The van der Waals surface area contributed by atoms with E-state index in [1.165, 1.54) is 12.5 Å². The summed E-state index contributed by atoms with van der Waals surface area (Å²) in [6.07, 6.45) is 3.47. The summed E-state index contributed by atoms with van der Waals surface area (Å²) in [6, 6.07) is 5.39. The number of oxime groups is 1. The van der Waals surface area contributed by atoms with Gasteiger partial charge in [-0.3, -0.25) is 0 Å². The fourth-order valence-corrected chi connectivity index (χ4v) is 2.96. The van der Waals surface area contributed by atoms with Crippen LogP contribution in [0, 0.1) is 17.7 Å². The Hall–Kier alpha value is -1.62. The minimum absolute atomic E-state index is 0.141. The predicted molar refractivity (Wildman–Crippen MR) is 81.7 cm³/mol. The molecule has 0 amide bonds. The van der Waals surface area contributed by atoms with Crippen LogP contribution in [0.4, 0.5) is 4.39 Å². The molecule has 0 aliphatic heterocycles. The molecular weight excluding hydrogens is 269 g/mol. The first-order valence-electron chi connectivity index (χ1n) is 7.51. The Morgan fingerprint density at radius 3 is 2.81 bits per heavy atom. The maximum absolute atomic E-state index is 14.3. The third-order valence-corrected chi connectivity index (χ3v) is 4.64. The summed E-state index contributed by atoms with van der Waals surface area (Å²) in [6.45, 7) is 5.03. The van der Waals surface area contributed by atoms with Crippen LogP contribution in [-0.4, -0.2) is 17.1 Å². The molecular formula is C16H24FN3O. The van der Waals surface area contributed by atoms with E-state index in [2.05, 4.69) is 24.3 Å². The Labute approximate surface area is 125 Å². The Bertz CT molecular complexity index is 518. The number of halogens is 1. The van der Waals surface area contributed by atoms with Crippen molar-refractivity contribution in [3.8, 4) is 0 Å². The lowest BCUT2D eigenvalue weighted by Crippen LogP contribution is -2.36. The van der Waals surface area contributed by atoms with Crippen molar-refractivity contribution in [1.82, 2.24) is 5.32 Å². The smallest absolute Gasteiger partial charge is 0.173 e. The second-order valence-corrected chi connectivity index (χ2v) is 6.11. The number of amidine groups is 1. The normalized spacial score (nSPS) is 26.8. The minimum Gasteiger partial charge on any atom is -0.409 e. The summed E-state index contributed by atoms with van der Waals surface area (Å²) >= 11 is 0. The maximum atomic E-state index is 14.3. The SMILES string of the molecule is CC1CCC(NCc2cccc(/C(N)=N/O)c2F)CC1C. The zero-order chi connectivity index (χ0) is 15.4. The maximum Gasteiger partial charge on any atom is 0.173 e. The molecule has 1 saturated carbocycles. The van der Waals surface area contributed by atoms with E-state index in [4.69, 9.17) is 10.9 Å². The van der Waals surface area contributed by atoms with Crippen LogP contribution in [0.2, 0.25) is 0 Å². The molecule has 1 aliphatic rings. The quantitative estimate of drug-likeness (QED) is 0.346. The number of nitrogens with one attached hydrogen (secondary N) is 1. The third kappa shape index (κ3) is 3.73. The van der Waals surface area contributed by atoms with Gasteiger partial charge in [-0.25, -0.2) is 4.39 Å². The molecule has 116 valence electrons. The largest absolute Gasteiger partial charge is 0.409 e. The summed E-state index contributed by atoms with van der Waals surface area (Å²) in [5.74, 6) is 0.847. The Kier molecular flexibility index (Phi) is 5.17. The van der Waals surface area contributed by atoms with Gasteiger partial charge in [-0.1, -0.05) is 31.1 Å².